The first-order chi connectivity index (χ1) is 15.1. The van der Waals surface area contributed by atoms with Gasteiger partial charge in [-0.2, -0.15) is 0 Å². The van der Waals surface area contributed by atoms with Crippen molar-refractivity contribution in [1.29, 1.82) is 0 Å². The summed E-state index contributed by atoms with van der Waals surface area (Å²) in [5.74, 6) is 0.991. The van der Waals surface area contributed by atoms with Crippen molar-refractivity contribution in [3.63, 3.8) is 0 Å². The number of aryl methyl sites for hydroxylation is 1. The highest BCUT2D eigenvalue weighted by atomic mass is 16.5. The highest BCUT2D eigenvalue weighted by molar-refractivity contribution is 6.04. The van der Waals surface area contributed by atoms with Crippen molar-refractivity contribution >= 4 is 23.2 Å². The molecular weight excluding hydrogens is 388 g/mol. The summed E-state index contributed by atoms with van der Waals surface area (Å²) >= 11 is 0. The molecule has 0 aliphatic rings. The monoisotopic (exact) mass is 410 g/mol. The molecule has 1 aromatic heterocycles. The van der Waals surface area contributed by atoms with Gasteiger partial charge in [0.05, 0.1) is 7.11 Å². The van der Waals surface area contributed by atoms with E-state index in [9.17, 15) is 4.79 Å². The molecule has 1 heterocycles. The van der Waals surface area contributed by atoms with E-state index in [0.717, 1.165) is 22.6 Å². The van der Waals surface area contributed by atoms with Crippen molar-refractivity contribution in [2.24, 2.45) is 0 Å². The minimum Gasteiger partial charge on any atom is -0.497 e. The number of anilines is 3. The van der Waals surface area contributed by atoms with Crippen LogP contribution in [-0.4, -0.2) is 23.0 Å². The number of nitrogens with zero attached hydrogens (tertiary/aromatic N) is 2. The first-order valence-corrected chi connectivity index (χ1v) is 9.82. The molecule has 0 spiro atoms. The van der Waals surface area contributed by atoms with Crippen LogP contribution in [0.4, 0.5) is 17.3 Å². The molecule has 31 heavy (non-hydrogen) atoms. The van der Waals surface area contributed by atoms with Crippen LogP contribution in [0.5, 0.6) is 5.75 Å². The highest BCUT2D eigenvalue weighted by Gasteiger charge is 2.08. The molecule has 0 radical (unpaired) electrons. The second-order valence-electron chi connectivity index (χ2n) is 7.05. The summed E-state index contributed by atoms with van der Waals surface area (Å²) in [6, 6.07) is 22.6. The van der Waals surface area contributed by atoms with Crippen LogP contribution in [0.2, 0.25) is 0 Å². The second kappa shape index (κ2) is 9.09. The van der Waals surface area contributed by atoms with Crippen LogP contribution in [0.1, 0.15) is 15.9 Å². The number of carbonyl (C=O) groups is 1. The van der Waals surface area contributed by atoms with Crippen molar-refractivity contribution in [2.75, 3.05) is 17.7 Å². The first kappa shape index (κ1) is 20.1. The third-order valence-corrected chi connectivity index (χ3v) is 4.77. The van der Waals surface area contributed by atoms with Gasteiger partial charge in [-0.1, -0.05) is 35.9 Å². The molecule has 0 aliphatic heterocycles. The predicted octanol–water partition coefficient (Wildman–Crippen LogP) is 5.46. The Morgan fingerprint density at radius 3 is 2.23 bits per heavy atom. The first-order valence-electron chi connectivity index (χ1n) is 9.82. The van der Waals surface area contributed by atoms with E-state index in [1.165, 1.54) is 5.56 Å². The van der Waals surface area contributed by atoms with Gasteiger partial charge in [0.1, 0.15) is 5.75 Å². The number of amides is 1. The maximum atomic E-state index is 12.6. The molecule has 0 saturated heterocycles. The Balaban J connectivity index is 1.44. The number of hydrogen-bond donors (Lipinski definition) is 2. The molecule has 0 saturated carbocycles. The number of aromatic nitrogens is 2. The van der Waals surface area contributed by atoms with Crippen LogP contribution >= 0.6 is 0 Å². The summed E-state index contributed by atoms with van der Waals surface area (Å²) in [6.45, 7) is 2.05. The van der Waals surface area contributed by atoms with Gasteiger partial charge in [0, 0.05) is 34.9 Å². The second-order valence-corrected chi connectivity index (χ2v) is 7.05. The van der Waals surface area contributed by atoms with Crippen molar-refractivity contribution in [3.05, 3.63) is 96.3 Å². The maximum Gasteiger partial charge on any atom is 0.255 e. The fraction of sp³-hybridized carbons (Fsp3) is 0.0800. The number of carbonyl (C=O) groups excluding carboxylic acids is 1. The maximum absolute atomic E-state index is 12.6. The largest absolute Gasteiger partial charge is 0.497 e. The van der Waals surface area contributed by atoms with Crippen molar-refractivity contribution in [3.8, 4) is 16.9 Å². The van der Waals surface area contributed by atoms with Gasteiger partial charge in [-0.05, 0) is 55.0 Å². The zero-order valence-electron chi connectivity index (χ0n) is 17.3. The molecule has 0 atom stereocenters. The number of nitrogens with one attached hydrogen (secondary N) is 2. The van der Waals surface area contributed by atoms with Gasteiger partial charge in [0.2, 0.25) is 5.95 Å². The summed E-state index contributed by atoms with van der Waals surface area (Å²) in [7, 11) is 1.60. The van der Waals surface area contributed by atoms with Crippen LogP contribution in [0, 0.1) is 6.92 Å². The van der Waals surface area contributed by atoms with Gasteiger partial charge in [-0.25, -0.2) is 9.97 Å². The normalized spacial score (nSPS) is 10.4. The van der Waals surface area contributed by atoms with E-state index in [2.05, 4.69) is 39.7 Å². The molecule has 4 rings (SSSR count). The fourth-order valence-electron chi connectivity index (χ4n) is 3.03. The van der Waals surface area contributed by atoms with Gasteiger partial charge >= 0.3 is 0 Å². The molecule has 3 aromatic carbocycles. The lowest BCUT2D eigenvalue weighted by Crippen LogP contribution is -2.12. The average molecular weight is 410 g/mol. The van der Waals surface area contributed by atoms with E-state index in [1.54, 1.807) is 55.9 Å². The lowest BCUT2D eigenvalue weighted by molar-refractivity contribution is 0.102. The molecular formula is C25H22N4O2. The Kier molecular flexibility index (Phi) is 5.89. The lowest BCUT2D eigenvalue weighted by Gasteiger charge is -2.09. The molecule has 2 N–H and O–H groups in total. The van der Waals surface area contributed by atoms with Gasteiger partial charge in [-0.3, -0.25) is 4.79 Å². The fourth-order valence-corrected chi connectivity index (χ4v) is 3.03. The minimum absolute atomic E-state index is 0.204. The molecule has 154 valence electrons. The van der Waals surface area contributed by atoms with E-state index in [0.29, 0.717) is 17.2 Å². The molecule has 0 aliphatic carbocycles. The summed E-state index contributed by atoms with van der Waals surface area (Å²) in [5.41, 5.74) is 5.16. The minimum atomic E-state index is -0.204. The Bertz CT molecular complexity index is 1170. The van der Waals surface area contributed by atoms with Crippen LogP contribution in [0.25, 0.3) is 11.1 Å². The van der Waals surface area contributed by atoms with Crippen LogP contribution in [-0.2, 0) is 0 Å². The zero-order chi connectivity index (χ0) is 21.6. The van der Waals surface area contributed by atoms with Crippen molar-refractivity contribution < 1.29 is 9.53 Å². The summed E-state index contributed by atoms with van der Waals surface area (Å²) < 4.78 is 5.14. The van der Waals surface area contributed by atoms with Gasteiger partial charge in [0.15, 0.2) is 0 Å². The molecule has 1 amide bonds. The van der Waals surface area contributed by atoms with Gasteiger partial charge < -0.3 is 15.4 Å². The van der Waals surface area contributed by atoms with Crippen molar-refractivity contribution in [1.82, 2.24) is 9.97 Å². The molecule has 6 heteroatoms. The Morgan fingerprint density at radius 2 is 1.55 bits per heavy atom. The van der Waals surface area contributed by atoms with Gasteiger partial charge in [0.25, 0.3) is 5.91 Å². The molecule has 6 nitrogen and oxygen atoms in total. The third kappa shape index (κ3) is 5.05. The predicted molar refractivity (Wildman–Crippen MR) is 123 cm³/mol. The van der Waals surface area contributed by atoms with Crippen LogP contribution in [0.3, 0.4) is 0 Å². The number of methoxy groups -OCH3 is 1. The Morgan fingerprint density at radius 1 is 0.839 bits per heavy atom. The quantitative estimate of drug-likeness (QED) is 0.442. The topological polar surface area (TPSA) is 76.1 Å². The van der Waals surface area contributed by atoms with Crippen LogP contribution in [0.15, 0.2) is 85.2 Å². The molecule has 4 aromatic rings. The third-order valence-electron chi connectivity index (χ3n) is 4.77. The van der Waals surface area contributed by atoms with Crippen LogP contribution < -0.4 is 15.4 Å². The van der Waals surface area contributed by atoms with E-state index >= 15 is 0 Å². The highest BCUT2D eigenvalue weighted by Crippen LogP contribution is 2.21. The number of ether oxygens (including phenoxy) is 1. The Hall–Kier alpha value is -4.19. The standard InChI is InChI=1S/C25H22N4O2/c1-17-6-8-18(9-7-17)20-15-26-25(27-16-20)29-22-5-3-4-19(14-22)24(30)28-21-10-12-23(31-2)13-11-21/h3-16H,1-2H3,(H,28,30)(H,26,27,29). The summed E-state index contributed by atoms with van der Waals surface area (Å²) in [6.07, 6.45) is 3.56. The van der Waals surface area contributed by atoms with E-state index in [4.69, 9.17) is 4.74 Å². The van der Waals surface area contributed by atoms with E-state index < -0.39 is 0 Å². The zero-order valence-corrected chi connectivity index (χ0v) is 17.3. The SMILES string of the molecule is COc1ccc(NC(=O)c2cccc(Nc3ncc(-c4ccc(C)cc4)cn3)c2)cc1. The van der Waals surface area contributed by atoms with Crippen molar-refractivity contribution in [2.45, 2.75) is 6.92 Å². The number of benzene rings is 3. The molecule has 0 unspecified atom stereocenters. The summed E-state index contributed by atoms with van der Waals surface area (Å²) in [5, 5.41) is 6.02. The van der Waals surface area contributed by atoms with E-state index in [-0.39, 0.29) is 5.91 Å². The molecule has 0 bridgehead atoms. The number of rotatable bonds is 6. The van der Waals surface area contributed by atoms with Gasteiger partial charge in [-0.15, -0.1) is 0 Å². The van der Waals surface area contributed by atoms with E-state index in [1.807, 2.05) is 24.3 Å². The molecule has 0 fully saturated rings. The number of hydrogen-bond acceptors (Lipinski definition) is 5. The smallest absolute Gasteiger partial charge is 0.255 e. The lowest BCUT2D eigenvalue weighted by atomic mass is 10.1. The average Bonchev–Trinajstić information content (AvgIpc) is 2.81. The summed E-state index contributed by atoms with van der Waals surface area (Å²) in [4.78, 5) is 21.4. The Labute approximate surface area is 181 Å².